The number of ether oxygens (including phenoxy) is 2. The molecule has 2 fully saturated rings. The van der Waals surface area contributed by atoms with Crippen molar-refractivity contribution >= 4 is 5.78 Å². The predicted octanol–water partition coefficient (Wildman–Crippen LogP) is 4.41. The summed E-state index contributed by atoms with van der Waals surface area (Å²) in [5.41, 5.74) is 2.70. The van der Waals surface area contributed by atoms with E-state index in [1.165, 1.54) is 19.3 Å². The van der Waals surface area contributed by atoms with E-state index < -0.39 is 12.0 Å². The third kappa shape index (κ3) is 2.44. The van der Waals surface area contributed by atoms with Gasteiger partial charge in [-0.1, -0.05) is 73.9 Å². The number of methoxy groups -OCH3 is 1. The molecule has 0 unspecified atom stereocenters. The van der Waals surface area contributed by atoms with Crippen molar-refractivity contribution < 1.29 is 14.3 Å². The summed E-state index contributed by atoms with van der Waals surface area (Å²) in [6.45, 7) is 0. The number of fused-ring (bicyclic) bond motifs is 4. The Morgan fingerprint density at radius 2 is 1.70 bits per heavy atom. The number of carbonyl (C=O) groups excluding carboxylic acids is 1. The van der Waals surface area contributed by atoms with E-state index in [4.69, 9.17) is 9.47 Å². The molecule has 0 radical (unpaired) electrons. The fourth-order valence-electron chi connectivity index (χ4n) is 5.23. The monoisotopic (exact) mass is 363 g/mol. The summed E-state index contributed by atoms with van der Waals surface area (Å²) in [7, 11) is 1.70. The first-order valence-corrected chi connectivity index (χ1v) is 9.96. The van der Waals surface area contributed by atoms with Crippen LogP contribution in [0.3, 0.4) is 0 Å². The highest BCUT2D eigenvalue weighted by atomic mass is 16.7. The standard InChI is InChI=1S/C23H25NO3/c1-26-23-19-15-9-8-14-18(19)21(25)22(27-23)20(16-10-4-2-5-11-16)24(23)17-12-6-3-7-13-17/h2,4-5,8-11,14-15,17,20,22H,3,6-7,12-13H2,1H3/t20-,22+,23+/m0/s1. The Hall–Kier alpha value is -2.01. The zero-order valence-electron chi connectivity index (χ0n) is 15.6. The second-order valence-electron chi connectivity index (χ2n) is 7.79. The summed E-state index contributed by atoms with van der Waals surface area (Å²) in [4.78, 5) is 15.7. The molecule has 1 saturated carbocycles. The minimum absolute atomic E-state index is 0.0606. The number of hydrogen-bond donors (Lipinski definition) is 0. The van der Waals surface area contributed by atoms with Gasteiger partial charge >= 0.3 is 0 Å². The highest BCUT2D eigenvalue weighted by Gasteiger charge is 2.63. The van der Waals surface area contributed by atoms with Gasteiger partial charge in [-0.05, 0) is 18.4 Å². The molecule has 0 N–H and O–H groups in total. The van der Waals surface area contributed by atoms with Gasteiger partial charge in [-0.2, -0.15) is 0 Å². The second kappa shape index (κ2) is 6.55. The molecular formula is C23H25NO3. The number of nitrogens with zero attached hydrogens (tertiary/aromatic N) is 1. The summed E-state index contributed by atoms with van der Waals surface area (Å²) in [6, 6.07) is 18.3. The number of ketones is 1. The van der Waals surface area contributed by atoms with Crippen molar-refractivity contribution in [1.29, 1.82) is 0 Å². The van der Waals surface area contributed by atoms with E-state index in [1.807, 2.05) is 42.5 Å². The summed E-state index contributed by atoms with van der Waals surface area (Å²) < 4.78 is 12.6. The summed E-state index contributed by atoms with van der Waals surface area (Å²) in [5, 5.41) is 0. The Kier molecular flexibility index (Phi) is 4.15. The fraction of sp³-hybridized carbons (Fsp3) is 0.435. The molecule has 1 aliphatic carbocycles. The molecular weight excluding hydrogens is 338 g/mol. The Morgan fingerprint density at radius 1 is 1.00 bits per heavy atom. The van der Waals surface area contributed by atoms with Gasteiger partial charge in [0.1, 0.15) is 6.10 Å². The van der Waals surface area contributed by atoms with E-state index in [-0.39, 0.29) is 11.8 Å². The van der Waals surface area contributed by atoms with Crippen molar-refractivity contribution in [2.24, 2.45) is 0 Å². The zero-order valence-corrected chi connectivity index (χ0v) is 15.6. The largest absolute Gasteiger partial charge is 0.337 e. The maximum atomic E-state index is 13.3. The van der Waals surface area contributed by atoms with Crippen molar-refractivity contribution in [3.8, 4) is 0 Å². The van der Waals surface area contributed by atoms with Gasteiger partial charge in [-0.3, -0.25) is 4.79 Å². The van der Waals surface area contributed by atoms with Crippen LogP contribution in [0, 0.1) is 0 Å². The van der Waals surface area contributed by atoms with Crippen LogP contribution in [0.2, 0.25) is 0 Å². The van der Waals surface area contributed by atoms with E-state index in [9.17, 15) is 4.79 Å². The maximum Gasteiger partial charge on any atom is 0.260 e. The first kappa shape index (κ1) is 17.1. The fourth-order valence-corrected chi connectivity index (χ4v) is 5.23. The Morgan fingerprint density at radius 3 is 2.44 bits per heavy atom. The van der Waals surface area contributed by atoms with Gasteiger partial charge in [0.15, 0.2) is 5.78 Å². The molecule has 4 heteroatoms. The first-order valence-electron chi connectivity index (χ1n) is 9.96. The molecule has 4 nitrogen and oxygen atoms in total. The van der Waals surface area contributed by atoms with Crippen LogP contribution in [0.5, 0.6) is 0 Å². The van der Waals surface area contributed by atoms with Gasteiger partial charge < -0.3 is 9.47 Å². The van der Waals surface area contributed by atoms with Gasteiger partial charge in [0.25, 0.3) is 5.91 Å². The molecule has 2 aromatic carbocycles. The number of carbonyl (C=O) groups is 1. The summed E-state index contributed by atoms with van der Waals surface area (Å²) >= 11 is 0. The molecule has 3 aliphatic rings. The minimum atomic E-state index is -0.988. The molecule has 0 aromatic heterocycles. The number of Topliss-reactive ketones (excluding diaryl/α,β-unsaturated/α-hetero) is 1. The van der Waals surface area contributed by atoms with Crippen molar-refractivity contribution in [3.05, 3.63) is 71.3 Å². The predicted molar refractivity (Wildman–Crippen MR) is 102 cm³/mol. The Bertz CT molecular complexity index is 846. The summed E-state index contributed by atoms with van der Waals surface area (Å²) in [6.07, 6.45) is 5.39. The van der Waals surface area contributed by atoms with Crippen molar-refractivity contribution in [2.45, 2.75) is 56.2 Å². The van der Waals surface area contributed by atoms with Crippen LogP contribution < -0.4 is 0 Å². The lowest BCUT2D eigenvalue weighted by molar-refractivity contribution is -0.294. The van der Waals surface area contributed by atoms with Crippen LogP contribution in [0.1, 0.15) is 59.6 Å². The van der Waals surface area contributed by atoms with E-state index in [0.29, 0.717) is 6.04 Å². The van der Waals surface area contributed by atoms with Crippen molar-refractivity contribution in [1.82, 2.24) is 4.90 Å². The van der Waals surface area contributed by atoms with E-state index in [2.05, 4.69) is 17.0 Å². The average Bonchev–Trinajstić information content (AvgIpc) is 3.07. The second-order valence-corrected chi connectivity index (χ2v) is 7.79. The van der Waals surface area contributed by atoms with E-state index in [1.54, 1.807) is 7.11 Å². The van der Waals surface area contributed by atoms with Gasteiger partial charge in [0.05, 0.1) is 6.04 Å². The highest BCUT2D eigenvalue weighted by Crippen LogP contribution is 2.55. The van der Waals surface area contributed by atoms with Gasteiger partial charge in [0.2, 0.25) is 0 Å². The molecule has 0 amide bonds. The maximum absolute atomic E-state index is 13.3. The average molecular weight is 363 g/mol. The van der Waals surface area contributed by atoms with Crippen LogP contribution in [-0.2, 0) is 15.4 Å². The van der Waals surface area contributed by atoms with Crippen LogP contribution in [0.15, 0.2) is 54.6 Å². The van der Waals surface area contributed by atoms with Gasteiger partial charge in [0, 0.05) is 24.3 Å². The normalized spacial score (nSPS) is 31.1. The lowest BCUT2D eigenvalue weighted by Crippen LogP contribution is -2.51. The minimum Gasteiger partial charge on any atom is -0.337 e. The topological polar surface area (TPSA) is 38.8 Å². The molecule has 140 valence electrons. The van der Waals surface area contributed by atoms with Gasteiger partial charge in [-0.25, -0.2) is 4.90 Å². The van der Waals surface area contributed by atoms with E-state index in [0.717, 1.165) is 29.5 Å². The molecule has 2 heterocycles. The molecule has 27 heavy (non-hydrogen) atoms. The Balaban J connectivity index is 1.71. The van der Waals surface area contributed by atoms with Crippen LogP contribution in [-0.4, -0.2) is 29.9 Å². The quantitative estimate of drug-likeness (QED) is 0.809. The van der Waals surface area contributed by atoms with Crippen LogP contribution >= 0.6 is 0 Å². The third-order valence-corrected chi connectivity index (χ3v) is 6.39. The van der Waals surface area contributed by atoms with Gasteiger partial charge in [-0.15, -0.1) is 0 Å². The molecule has 5 rings (SSSR count). The summed E-state index contributed by atoms with van der Waals surface area (Å²) in [5.74, 6) is -0.928. The van der Waals surface area contributed by atoms with Crippen LogP contribution in [0.4, 0.5) is 0 Å². The lowest BCUT2D eigenvalue weighted by Gasteiger charge is -2.44. The first-order chi connectivity index (χ1) is 13.3. The highest BCUT2D eigenvalue weighted by molar-refractivity contribution is 6.03. The smallest absolute Gasteiger partial charge is 0.260 e. The van der Waals surface area contributed by atoms with Crippen molar-refractivity contribution in [3.63, 3.8) is 0 Å². The number of benzene rings is 2. The third-order valence-electron chi connectivity index (χ3n) is 6.39. The van der Waals surface area contributed by atoms with Crippen molar-refractivity contribution in [2.75, 3.05) is 7.11 Å². The number of rotatable bonds is 3. The molecule has 0 spiro atoms. The molecule has 3 atom stereocenters. The number of hydrogen-bond acceptors (Lipinski definition) is 4. The lowest BCUT2D eigenvalue weighted by atomic mass is 9.90. The van der Waals surface area contributed by atoms with E-state index >= 15 is 0 Å². The van der Waals surface area contributed by atoms with Crippen LogP contribution in [0.25, 0.3) is 0 Å². The molecule has 2 aliphatic heterocycles. The molecule has 1 saturated heterocycles. The zero-order chi connectivity index (χ0) is 18.4. The SMILES string of the molecule is CO[C@@]12O[C@@H](C(=O)c3ccccc31)[C@H](c1ccccc1)N2C1CCCCC1. The Labute approximate surface area is 160 Å². The molecule has 2 bridgehead atoms. The molecule has 2 aromatic rings.